The monoisotopic (exact) mass is 225 g/mol. The fourth-order valence-corrected chi connectivity index (χ4v) is 1.42. The van der Waals surface area contributed by atoms with Crippen LogP contribution in [0.2, 0.25) is 0 Å². The summed E-state index contributed by atoms with van der Waals surface area (Å²) in [4.78, 5) is 10.8. The number of hydrogen-bond donors (Lipinski definition) is 1. The molecule has 0 aromatic carbocycles. The second kappa shape index (κ2) is 7.00. The average molecular weight is 225 g/mol. The van der Waals surface area contributed by atoms with Crippen LogP contribution in [0, 0.1) is 0 Å². The van der Waals surface area contributed by atoms with Crippen molar-refractivity contribution in [2.45, 2.75) is 19.3 Å². The Morgan fingerprint density at radius 3 is 3.00 bits per heavy atom. The zero-order valence-electron chi connectivity index (χ0n) is 9.90. The van der Waals surface area contributed by atoms with E-state index in [0.29, 0.717) is 6.42 Å². The van der Waals surface area contributed by atoms with Crippen molar-refractivity contribution in [3.05, 3.63) is 18.0 Å². The lowest BCUT2D eigenvalue weighted by Gasteiger charge is -2.02. The van der Waals surface area contributed by atoms with Crippen LogP contribution in [-0.2, 0) is 23.0 Å². The van der Waals surface area contributed by atoms with Gasteiger partial charge in [-0.1, -0.05) is 0 Å². The van der Waals surface area contributed by atoms with Crippen LogP contribution in [0.4, 0.5) is 0 Å². The number of aryl methyl sites for hydroxylation is 1. The molecule has 0 saturated heterocycles. The van der Waals surface area contributed by atoms with Gasteiger partial charge in [0.25, 0.3) is 0 Å². The van der Waals surface area contributed by atoms with Gasteiger partial charge in [-0.15, -0.1) is 0 Å². The largest absolute Gasteiger partial charge is 0.469 e. The van der Waals surface area contributed by atoms with Crippen LogP contribution in [0.5, 0.6) is 0 Å². The van der Waals surface area contributed by atoms with E-state index in [2.05, 4.69) is 15.2 Å². The first kappa shape index (κ1) is 12.7. The van der Waals surface area contributed by atoms with E-state index in [4.69, 9.17) is 0 Å². The van der Waals surface area contributed by atoms with Crippen LogP contribution < -0.4 is 5.32 Å². The molecule has 0 aliphatic rings. The molecule has 0 bridgehead atoms. The fraction of sp³-hybridized carbons (Fsp3) is 0.636. The van der Waals surface area contributed by atoms with Gasteiger partial charge in [0.2, 0.25) is 0 Å². The molecular formula is C11H19N3O2. The number of carbonyl (C=O) groups excluding carboxylic acids is 1. The Morgan fingerprint density at radius 2 is 2.38 bits per heavy atom. The van der Waals surface area contributed by atoms with Crippen LogP contribution in [-0.4, -0.2) is 35.9 Å². The molecule has 1 aromatic rings. The summed E-state index contributed by atoms with van der Waals surface area (Å²) in [5.74, 6) is -0.144. The molecular weight excluding hydrogens is 206 g/mol. The Hall–Kier alpha value is -1.36. The zero-order valence-corrected chi connectivity index (χ0v) is 9.90. The van der Waals surface area contributed by atoms with E-state index in [-0.39, 0.29) is 5.97 Å². The maximum absolute atomic E-state index is 10.8. The molecule has 0 amide bonds. The topological polar surface area (TPSA) is 56.1 Å². The lowest BCUT2D eigenvalue weighted by Crippen LogP contribution is -2.19. The number of esters is 1. The van der Waals surface area contributed by atoms with Crippen molar-refractivity contribution in [3.63, 3.8) is 0 Å². The summed E-state index contributed by atoms with van der Waals surface area (Å²) >= 11 is 0. The molecule has 0 spiro atoms. The Bertz CT molecular complexity index is 323. The van der Waals surface area contributed by atoms with Gasteiger partial charge in [0, 0.05) is 19.7 Å². The van der Waals surface area contributed by atoms with Crippen molar-refractivity contribution in [2.75, 3.05) is 20.2 Å². The van der Waals surface area contributed by atoms with Crippen molar-refractivity contribution >= 4 is 5.97 Å². The first-order valence-electron chi connectivity index (χ1n) is 5.47. The predicted molar refractivity (Wildman–Crippen MR) is 61.0 cm³/mol. The zero-order chi connectivity index (χ0) is 11.8. The number of nitrogens with zero attached hydrogens (tertiary/aromatic N) is 2. The average Bonchev–Trinajstić information content (AvgIpc) is 2.69. The van der Waals surface area contributed by atoms with E-state index < -0.39 is 0 Å². The highest BCUT2D eigenvalue weighted by molar-refractivity contribution is 5.69. The molecule has 0 aliphatic heterocycles. The van der Waals surface area contributed by atoms with Crippen molar-refractivity contribution in [3.8, 4) is 0 Å². The molecule has 1 heterocycles. The molecule has 0 unspecified atom stereocenters. The first-order chi connectivity index (χ1) is 7.72. The van der Waals surface area contributed by atoms with Gasteiger partial charge in [0.05, 0.1) is 13.3 Å². The summed E-state index contributed by atoms with van der Waals surface area (Å²) in [5, 5.41) is 7.37. The number of methoxy groups -OCH3 is 1. The number of nitrogens with one attached hydrogen (secondary N) is 1. The molecule has 0 radical (unpaired) electrons. The third kappa shape index (κ3) is 4.93. The second-order valence-corrected chi connectivity index (χ2v) is 3.70. The molecule has 1 N–H and O–H groups in total. The van der Waals surface area contributed by atoms with E-state index in [1.54, 1.807) is 4.68 Å². The smallest absolute Gasteiger partial charge is 0.305 e. The van der Waals surface area contributed by atoms with Crippen LogP contribution in [0.25, 0.3) is 0 Å². The van der Waals surface area contributed by atoms with Gasteiger partial charge in [-0.25, -0.2) is 0 Å². The molecule has 1 aromatic heterocycles. The summed E-state index contributed by atoms with van der Waals surface area (Å²) in [5.41, 5.74) is 1.22. The summed E-state index contributed by atoms with van der Waals surface area (Å²) in [6.45, 7) is 1.75. The van der Waals surface area contributed by atoms with E-state index >= 15 is 0 Å². The molecule has 90 valence electrons. The predicted octanol–water partition coefficient (Wildman–Crippen LogP) is 0.505. The van der Waals surface area contributed by atoms with Gasteiger partial charge in [-0.3, -0.25) is 9.48 Å². The highest BCUT2D eigenvalue weighted by Crippen LogP contribution is 1.96. The third-order valence-electron chi connectivity index (χ3n) is 2.31. The molecule has 16 heavy (non-hydrogen) atoms. The molecule has 0 atom stereocenters. The fourth-order valence-electron chi connectivity index (χ4n) is 1.42. The van der Waals surface area contributed by atoms with E-state index in [1.165, 1.54) is 12.7 Å². The number of hydrogen-bond acceptors (Lipinski definition) is 4. The Balaban J connectivity index is 1.98. The highest BCUT2D eigenvalue weighted by Gasteiger charge is 1.99. The number of carbonyl (C=O) groups is 1. The second-order valence-electron chi connectivity index (χ2n) is 3.70. The van der Waals surface area contributed by atoms with Crippen molar-refractivity contribution in [1.29, 1.82) is 0 Å². The van der Waals surface area contributed by atoms with Crippen LogP contribution in [0.15, 0.2) is 12.4 Å². The minimum absolute atomic E-state index is 0.144. The minimum Gasteiger partial charge on any atom is -0.469 e. The normalized spacial score (nSPS) is 10.4. The maximum Gasteiger partial charge on any atom is 0.305 e. The number of aromatic nitrogens is 2. The standard InChI is InChI=1S/C11H19N3O2/c1-14-9-10(8-13-14)5-7-12-6-3-4-11(15)16-2/h8-9,12H,3-7H2,1-2H3. The summed E-state index contributed by atoms with van der Waals surface area (Å²) in [7, 11) is 3.32. The highest BCUT2D eigenvalue weighted by atomic mass is 16.5. The van der Waals surface area contributed by atoms with E-state index in [9.17, 15) is 4.79 Å². The van der Waals surface area contributed by atoms with E-state index in [0.717, 1.165) is 25.9 Å². The maximum atomic E-state index is 10.8. The lowest BCUT2D eigenvalue weighted by molar-refractivity contribution is -0.140. The molecule has 5 heteroatoms. The Labute approximate surface area is 95.8 Å². The van der Waals surface area contributed by atoms with Crippen LogP contribution in [0.3, 0.4) is 0 Å². The number of ether oxygens (including phenoxy) is 1. The third-order valence-corrected chi connectivity index (χ3v) is 2.31. The van der Waals surface area contributed by atoms with Gasteiger partial charge >= 0.3 is 5.97 Å². The summed E-state index contributed by atoms with van der Waals surface area (Å²) < 4.78 is 6.35. The SMILES string of the molecule is COC(=O)CCCNCCc1cnn(C)c1. The quantitative estimate of drug-likeness (QED) is 0.542. The lowest BCUT2D eigenvalue weighted by atomic mass is 10.2. The molecule has 0 saturated carbocycles. The Kier molecular flexibility index (Phi) is 5.56. The molecule has 0 fully saturated rings. The summed E-state index contributed by atoms with van der Waals surface area (Å²) in [6, 6.07) is 0. The number of rotatable bonds is 7. The van der Waals surface area contributed by atoms with Crippen molar-refractivity contribution < 1.29 is 9.53 Å². The molecule has 5 nitrogen and oxygen atoms in total. The van der Waals surface area contributed by atoms with Gasteiger partial charge in [-0.2, -0.15) is 5.10 Å². The minimum atomic E-state index is -0.144. The van der Waals surface area contributed by atoms with Crippen LogP contribution >= 0.6 is 0 Å². The Morgan fingerprint density at radius 1 is 1.56 bits per heavy atom. The van der Waals surface area contributed by atoms with Gasteiger partial charge in [0.15, 0.2) is 0 Å². The van der Waals surface area contributed by atoms with Gasteiger partial charge in [-0.05, 0) is 31.5 Å². The van der Waals surface area contributed by atoms with E-state index in [1.807, 2.05) is 19.4 Å². The van der Waals surface area contributed by atoms with Crippen molar-refractivity contribution in [1.82, 2.24) is 15.1 Å². The van der Waals surface area contributed by atoms with Gasteiger partial charge in [0.1, 0.15) is 0 Å². The molecule has 1 rings (SSSR count). The van der Waals surface area contributed by atoms with Crippen molar-refractivity contribution in [2.24, 2.45) is 7.05 Å². The summed E-state index contributed by atoms with van der Waals surface area (Å²) in [6.07, 6.45) is 6.15. The molecule has 0 aliphatic carbocycles. The first-order valence-corrected chi connectivity index (χ1v) is 5.47. The van der Waals surface area contributed by atoms with Crippen LogP contribution in [0.1, 0.15) is 18.4 Å². The van der Waals surface area contributed by atoms with Gasteiger partial charge < -0.3 is 10.1 Å².